The number of benzene rings is 2. The Morgan fingerprint density at radius 3 is 2.33 bits per heavy atom. The lowest BCUT2D eigenvalue weighted by atomic mass is 9.87. The van der Waals surface area contributed by atoms with E-state index in [1.54, 1.807) is 16.2 Å². The third-order valence-electron chi connectivity index (χ3n) is 5.51. The van der Waals surface area contributed by atoms with Crippen molar-refractivity contribution in [3.63, 3.8) is 0 Å². The van der Waals surface area contributed by atoms with E-state index in [9.17, 15) is 4.79 Å². The van der Waals surface area contributed by atoms with Gasteiger partial charge in [-0.25, -0.2) is 0 Å². The van der Waals surface area contributed by atoms with Crippen LogP contribution in [0.4, 0.5) is 0 Å². The zero-order valence-corrected chi connectivity index (χ0v) is 18.9. The maximum atomic E-state index is 13.3. The Morgan fingerprint density at radius 1 is 0.967 bits per heavy atom. The fraction of sp³-hybridized carbons (Fsp3) is 0.269. The summed E-state index contributed by atoms with van der Waals surface area (Å²) in [5.41, 5.74) is 5.65. The number of rotatable bonds is 5. The molecule has 30 heavy (non-hydrogen) atoms. The summed E-state index contributed by atoms with van der Waals surface area (Å²) in [6.07, 6.45) is 0. The first-order valence-electron chi connectivity index (χ1n) is 10.3. The predicted molar refractivity (Wildman–Crippen MR) is 126 cm³/mol. The van der Waals surface area contributed by atoms with Crippen molar-refractivity contribution < 1.29 is 4.79 Å². The van der Waals surface area contributed by atoms with Gasteiger partial charge in [-0.15, -0.1) is 11.3 Å². The molecule has 0 spiro atoms. The normalized spacial score (nSPS) is 11.7. The fourth-order valence-electron chi connectivity index (χ4n) is 3.74. The molecule has 4 heteroatoms. The summed E-state index contributed by atoms with van der Waals surface area (Å²) in [5.74, 6) is 0.0496. The Morgan fingerprint density at radius 2 is 1.67 bits per heavy atom. The molecule has 0 unspecified atom stereocenters. The smallest absolute Gasteiger partial charge is 0.270 e. The van der Waals surface area contributed by atoms with Crippen molar-refractivity contribution in [2.45, 2.75) is 39.3 Å². The number of carbonyl (C=O) groups excluding carboxylic acids is 1. The van der Waals surface area contributed by atoms with Crippen molar-refractivity contribution in [3.05, 3.63) is 94.5 Å². The summed E-state index contributed by atoms with van der Waals surface area (Å²) in [4.78, 5) is 15.1. The molecular weight excluding hydrogens is 388 g/mol. The molecule has 4 aromatic rings. The fourth-order valence-corrected chi connectivity index (χ4v) is 4.56. The number of fused-ring (bicyclic) bond motifs is 1. The first-order valence-corrected chi connectivity index (χ1v) is 11.2. The van der Waals surface area contributed by atoms with Crippen molar-refractivity contribution in [2.75, 3.05) is 7.05 Å². The lowest BCUT2D eigenvalue weighted by molar-refractivity contribution is 0.0775. The summed E-state index contributed by atoms with van der Waals surface area (Å²) < 4.78 is 3.31. The van der Waals surface area contributed by atoms with Crippen molar-refractivity contribution in [1.29, 1.82) is 0 Å². The maximum Gasteiger partial charge on any atom is 0.270 e. The van der Waals surface area contributed by atoms with Crippen molar-refractivity contribution in [2.24, 2.45) is 0 Å². The Labute approximate surface area is 182 Å². The van der Waals surface area contributed by atoms with E-state index in [1.165, 1.54) is 11.1 Å². The van der Waals surface area contributed by atoms with Gasteiger partial charge >= 0.3 is 0 Å². The molecule has 0 saturated heterocycles. The van der Waals surface area contributed by atoms with Crippen LogP contribution in [-0.4, -0.2) is 22.4 Å². The van der Waals surface area contributed by atoms with Crippen molar-refractivity contribution in [1.82, 2.24) is 9.47 Å². The minimum Gasteiger partial charge on any atom is -0.336 e. The largest absolute Gasteiger partial charge is 0.336 e. The zero-order valence-electron chi connectivity index (χ0n) is 18.1. The molecule has 0 N–H and O–H groups in total. The minimum absolute atomic E-state index is 0.0496. The monoisotopic (exact) mass is 416 g/mol. The zero-order chi connectivity index (χ0) is 21.3. The quantitative estimate of drug-likeness (QED) is 0.374. The van der Waals surface area contributed by atoms with Crippen LogP contribution in [0.3, 0.4) is 0 Å². The van der Waals surface area contributed by atoms with E-state index >= 15 is 0 Å². The molecule has 2 heterocycles. The highest BCUT2D eigenvalue weighted by Crippen LogP contribution is 2.28. The van der Waals surface area contributed by atoms with Gasteiger partial charge in [-0.05, 0) is 39.6 Å². The van der Waals surface area contributed by atoms with Crippen LogP contribution in [-0.2, 0) is 18.5 Å². The van der Waals surface area contributed by atoms with Gasteiger partial charge in [0, 0.05) is 20.1 Å². The molecule has 0 bridgehead atoms. The number of carbonyl (C=O) groups is 1. The maximum absolute atomic E-state index is 13.3. The van der Waals surface area contributed by atoms with Gasteiger partial charge in [0.2, 0.25) is 0 Å². The number of hydrogen-bond acceptors (Lipinski definition) is 2. The first kappa shape index (κ1) is 20.4. The van der Waals surface area contributed by atoms with Crippen LogP contribution in [0.5, 0.6) is 0 Å². The van der Waals surface area contributed by atoms with E-state index in [0.29, 0.717) is 13.1 Å². The second-order valence-electron chi connectivity index (χ2n) is 8.88. The standard InChI is InChI=1S/C26H28N2OS/c1-26(2,3)21-12-10-20(11-13-21)18-28-22-14-15-30-24(22)16-23(28)25(29)27(4)17-19-8-6-5-7-9-19/h5-16H,17-18H2,1-4H3. The average Bonchev–Trinajstić information content (AvgIpc) is 3.30. The molecule has 3 nitrogen and oxygen atoms in total. The second-order valence-corrected chi connectivity index (χ2v) is 9.83. The molecule has 0 saturated carbocycles. The molecule has 0 aliphatic carbocycles. The highest BCUT2D eigenvalue weighted by Gasteiger charge is 2.20. The third-order valence-corrected chi connectivity index (χ3v) is 6.36. The number of hydrogen-bond donors (Lipinski definition) is 0. The van der Waals surface area contributed by atoms with E-state index in [0.717, 1.165) is 21.5 Å². The summed E-state index contributed by atoms with van der Waals surface area (Å²) in [6, 6.07) is 23.0. The lowest BCUT2D eigenvalue weighted by Gasteiger charge is -2.20. The number of nitrogens with zero attached hydrogens (tertiary/aromatic N) is 2. The third kappa shape index (κ3) is 4.19. The lowest BCUT2D eigenvalue weighted by Crippen LogP contribution is -2.28. The second kappa shape index (κ2) is 8.11. The molecule has 4 rings (SSSR count). The highest BCUT2D eigenvalue weighted by atomic mass is 32.1. The van der Waals surface area contributed by atoms with Crippen LogP contribution >= 0.6 is 11.3 Å². The molecule has 0 aliphatic heterocycles. The molecule has 1 amide bonds. The number of thiophene rings is 1. The van der Waals surface area contributed by atoms with Crippen LogP contribution in [0.25, 0.3) is 10.2 Å². The van der Waals surface area contributed by atoms with Gasteiger partial charge in [0.1, 0.15) is 5.69 Å². The van der Waals surface area contributed by atoms with Crippen LogP contribution in [0, 0.1) is 0 Å². The van der Waals surface area contributed by atoms with Gasteiger partial charge in [-0.1, -0.05) is 75.4 Å². The first-order chi connectivity index (χ1) is 14.3. The summed E-state index contributed by atoms with van der Waals surface area (Å²) >= 11 is 1.68. The van der Waals surface area contributed by atoms with Gasteiger partial charge in [0.25, 0.3) is 5.91 Å². The molecular formula is C26H28N2OS. The predicted octanol–water partition coefficient (Wildman–Crippen LogP) is 6.32. The Kier molecular flexibility index (Phi) is 5.52. The summed E-state index contributed by atoms with van der Waals surface area (Å²) in [7, 11) is 1.87. The highest BCUT2D eigenvalue weighted by molar-refractivity contribution is 7.17. The van der Waals surface area contributed by atoms with E-state index in [-0.39, 0.29) is 11.3 Å². The van der Waals surface area contributed by atoms with Gasteiger partial charge in [-0.2, -0.15) is 0 Å². The Bertz CT molecular complexity index is 1150. The topological polar surface area (TPSA) is 25.2 Å². The van der Waals surface area contributed by atoms with Crippen LogP contribution in [0.15, 0.2) is 72.1 Å². The summed E-state index contributed by atoms with van der Waals surface area (Å²) in [5, 5.41) is 2.09. The Hall–Kier alpha value is -2.85. The molecule has 0 radical (unpaired) electrons. The van der Waals surface area contributed by atoms with Gasteiger partial charge in [-0.3, -0.25) is 4.79 Å². The van der Waals surface area contributed by atoms with Crippen molar-refractivity contribution in [3.8, 4) is 0 Å². The van der Waals surface area contributed by atoms with E-state index in [1.807, 2.05) is 31.3 Å². The number of aromatic nitrogens is 1. The molecule has 0 atom stereocenters. The summed E-state index contributed by atoms with van der Waals surface area (Å²) in [6.45, 7) is 7.95. The van der Waals surface area contributed by atoms with E-state index in [2.05, 4.69) is 73.2 Å². The van der Waals surface area contributed by atoms with Crippen LogP contribution in [0.2, 0.25) is 0 Å². The number of amides is 1. The van der Waals surface area contributed by atoms with E-state index < -0.39 is 0 Å². The molecule has 0 aliphatic rings. The molecule has 154 valence electrons. The van der Waals surface area contributed by atoms with Crippen LogP contribution < -0.4 is 0 Å². The van der Waals surface area contributed by atoms with Gasteiger partial charge < -0.3 is 9.47 Å². The molecule has 2 aromatic heterocycles. The SMILES string of the molecule is CN(Cc1ccccc1)C(=O)c1cc2sccc2n1Cc1ccc(C(C)(C)C)cc1. The molecule has 0 fully saturated rings. The van der Waals surface area contributed by atoms with E-state index in [4.69, 9.17) is 0 Å². The van der Waals surface area contributed by atoms with Gasteiger partial charge in [0.15, 0.2) is 0 Å². The van der Waals surface area contributed by atoms with Crippen molar-refractivity contribution >= 4 is 27.5 Å². The van der Waals surface area contributed by atoms with Gasteiger partial charge in [0.05, 0.1) is 10.2 Å². The Balaban J connectivity index is 1.62. The minimum atomic E-state index is 0.0496. The molecule has 2 aromatic carbocycles. The average molecular weight is 417 g/mol. The van der Waals surface area contributed by atoms with Crippen LogP contribution in [0.1, 0.15) is 48.0 Å².